The van der Waals surface area contributed by atoms with Gasteiger partial charge in [-0.15, -0.1) is 0 Å². The summed E-state index contributed by atoms with van der Waals surface area (Å²) in [7, 11) is -3.52. The number of rotatable bonds is 5. The van der Waals surface area contributed by atoms with E-state index in [1.807, 2.05) is 0 Å². The van der Waals surface area contributed by atoms with Crippen molar-refractivity contribution in [3.63, 3.8) is 0 Å². The number of benzene rings is 1. The van der Waals surface area contributed by atoms with Crippen LogP contribution in [0.1, 0.15) is 13.3 Å². The van der Waals surface area contributed by atoms with Gasteiger partial charge >= 0.3 is 0 Å². The third-order valence-electron chi connectivity index (χ3n) is 2.04. The molecule has 6 heteroatoms. The van der Waals surface area contributed by atoms with Gasteiger partial charge in [0.05, 0.1) is 4.90 Å². The fourth-order valence-corrected chi connectivity index (χ4v) is 2.60. The maximum atomic E-state index is 11.8. The number of sulfonamides is 1. The predicted octanol–water partition coefficient (Wildman–Crippen LogP) is 1.39. The van der Waals surface area contributed by atoms with Gasteiger partial charge in [-0.25, -0.2) is 13.1 Å². The number of halogens is 1. The first-order valence-corrected chi connectivity index (χ1v) is 6.70. The molecule has 2 N–H and O–H groups in total. The van der Waals surface area contributed by atoms with Gasteiger partial charge < -0.3 is 5.11 Å². The van der Waals surface area contributed by atoms with Gasteiger partial charge in [0.2, 0.25) is 10.0 Å². The van der Waals surface area contributed by atoms with Gasteiger partial charge in [0.25, 0.3) is 0 Å². The molecule has 0 amide bonds. The van der Waals surface area contributed by atoms with Crippen LogP contribution in [0.4, 0.5) is 0 Å². The van der Waals surface area contributed by atoms with Crippen LogP contribution in [0.2, 0.25) is 5.02 Å². The second-order valence-corrected chi connectivity index (χ2v) is 5.64. The minimum Gasteiger partial charge on any atom is -0.396 e. The molecule has 1 atom stereocenters. The third-order valence-corrected chi connectivity index (χ3v) is 3.90. The lowest BCUT2D eigenvalue weighted by Gasteiger charge is -2.12. The molecule has 0 heterocycles. The van der Waals surface area contributed by atoms with Crippen LogP contribution < -0.4 is 4.72 Å². The van der Waals surface area contributed by atoms with Crippen LogP contribution in [0.3, 0.4) is 0 Å². The van der Waals surface area contributed by atoms with Crippen LogP contribution in [0.15, 0.2) is 29.2 Å². The Hall–Kier alpha value is -0.620. The lowest BCUT2D eigenvalue weighted by Crippen LogP contribution is -2.33. The fourth-order valence-electron chi connectivity index (χ4n) is 1.20. The van der Waals surface area contributed by atoms with Crippen LogP contribution in [0.5, 0.6) is 0 Å². The molecular weight excluding hydrogens is 250 g/mol. The molecule has 0 radical (unpaired) electrons. The molecule has 4 nitrogen and oxygen atoms in total. The van der Waals surface area contributed by atoms with Crippen molar-refractivity contribution in [1.29, 1.82) is 0 Å². The summed E-state index contributed by atoms with van der Waals surface area (Å²) in [5.74, 6) is 0. The first kappa shape index (κ1) is 13.4. The average molecular weight is 264 g/mol. The Morgan fingerprint density at radius 3 is 2.44 bits per heavy atom. The second kappa shape index (κ2) is 5.63. The Kier molecular flexibility index (Phi) is 4.73. The Morgan fingerprint density at radius 1 is 1.38 bits per heavy atom. The lowest BCUT2D eigenvalue weighted by atomic mass is 10.3. The topological polar surface area (TPSA) is 66.4 Å². The van der Waals surface area contributed by atoms with E-state index in [4.69, 9.17) is 16.7 Å². The van der Waals surface area contributed by atoms with E-state index in [1.165, 1.54) is 24.3 Å². The van der Waals surface area contributed by atoms with E-state index < -0.39 is 10.0 Å². The van der Waals surface area contributed by atoms with Crippen molar-refractivity contribution in [2.45, 2.75) is 24.3 Å². The van der Waals surface area contributed by atoms with Crippen molar-refractivity contribution >= 4 is 21.6 Å². The van der Waals surface area contributed by atoms with Crippen LogP contribution >= 0.6 is 11.6 Å². The fraction of sp³-hybridized carbons (Fsp3) is 0.400. The first-order chi connectivity index (χ1) is 7.45. The number of nitrogens with one attached hydrogen (secondary N) is 1. The molecule has 1 unspecified atom stereocenters. The monoisotopic (exact) mass is 263 g/mol. The highest BCUT2D eigenvalue weighted by atomic mass is 35.5. The largest absolute Gasteiger partial charge is 0.396 e. The highest BCUT2D eigenvalue weighted by Gasteiger charge is 2.16. The summed E-state index contributed by atoms with van der Waals surface area (Å²) >= 11 is 5.67. The van der Waals surface area contributed by atoms with Crippen LogP contribution in [-0.2, 0) is 10.0 Å². The van der Waals surface area contributed by atoms with Crippen molar-refractivity contribution in [2.24, 2.45) is 0 Å². The summed E-state index contributed by atoms with van der Waals surface area (Å²) in [5.41, 5.74) is 0. The maximum absolute atomic E-state index is 11.8. The molecule has 1 aromatic carbocycles. The molecule has 16 heavy (non-hydrogen) atoms. The summed E-state index contributed by atoms with van der Waals surface area (Å²) in [5, 5.41) is 9.18. The van der Waals surface area contributed by atoms with E-state index in [2.05, 4.69) is 4.72 Å². The average Bonchev–Trinajstić information content (AvgIpc) is 2.17. The molecule has 0 bridgehead atoms. The molecule has 0 spiro atoms. The number of aliphatic hydroxyl groups is 1. The van der Waals surface area contributed by atoms with E-state index in [0.29, 0.717) is 11.4 Å². The first-order valence-electron chi connectivity index (χ1n) is 4.84. The smallest absolute Gasteiger partial charge is 0.240 e. The van der Waals surface area contributed by atoms with E-state index in [-0.39, 0.29) is 17.5 Å². The number of hydrogen-bond acceptors (Lipinski definition) is 3. The van der Waals surface area contributed by atoms with Crippen molar-refractivity contribution in [1.82, 2.24) is 4.72 Å². The van der Waals surface area contributed by atoms with Gasteiger partial charge in [0.1, 0.15) is 0 Å². The Bertz CT molecular complexity index is 430. The Labute approximate surface area is 100 Å². The maximum Gasteiger partial charge on any atom is 0.240 e. The molecule has 0 aliphatic rings. The molecule has 0 aliphatic heterocycles. The van der Waals surface area contributed by atoms with Crippen molar-refractivity contribution in [2.75, 3.05) is 6.61 Å². The minimum absolute atomic E-state index is 0.0513. The second-order valence-electron chi connectivity index (χ2n) is 3.49. The SMILES string of the molecule is CC(CCO)NS(=O)(=O)c1ccc(Cl)cc1. The van der Waals surface area contributed by atoms with Gasteiger partial charge in [-0.3, -0.25) is 0 Å². The molecular formula is C10H14ClNO3S. The van der Waals surface area contributed by atoms with Crippen molar-refractivity contribution < 1.29 is 13.5 Å². The zero-order valence-electron chi connectivity index (χ0n) is 8.85. The summed E-state index contributed by atoms with van der Waals surface area (Å²) in [4.78, 5) is 0.168. The minimum atomic E-state index is -3.52. The van der Waals surface area contributed by atoms with E-state index in [0.717, 1.165) is 0 Å². The number of aliphatic hydroxyl groups excluding tert-OH is 1. The third kappa shape index (κ3) is 3.75. The van der Waals surface area contributed by atoms with Crippen LogP contribution in [0, 0.1) is 0 Å². The summed E-state index contributed by atoms with van der Waals surface area (Å²) in [6, 6.07) is 5.62. The molecule has 0 aromatic heterocycles. The van der Waals surface area contributed by atoms with Gasteiger partial charge in [0.15, 0.2) is 0 Å². The van der Waals surface area contributed by atoms with E-state index >= 15 is 0 Å². The van der Waals surface area contributed by atoms with Crippen LogP contribution in [0.25, 0.3) is 0 Å². The van der Waals surface area contributed by atoms with Gasteiger partial charge in [-0.1, -0.05) is 11.6 Å². The molecule has 0 saturated heterocycles. The normalized spacial score (nSPS) is 13.7. The van der Waals surface area contributed by atoms with Gasteiger partial charge in [-0.05, 0) is 37.6 Å². The summed E-state index contributed by atoms with van der Waals surface area (Å²) in [6.07, 6.45) is 0.382. The van der Waals surface area contributed by atoms with Gasteiger partial charge in [0, 0.05) is 17.7 Å². The Balaban J connectivity index is 2.82. The Morgan fingerprint density at radius 2 is 1.94 bits per heavy atom. The van der Waals surface area contributed by atoms with E-state index in [1.54, 1.807) is 6.92 Å². The van der Waals surface area contributed by atoms with Crippen LogP contribution in [-0.4, -0.2) is 26.2 Å². The van der Waals surface area contributed by atoms with Crippen molar-refractivity contribution in [3.05, 3.63) is 29.3 Å². The standard InChI is InChI=1S/C10H14ClNO3S/c1-8(6-7-13)12-16(14,15)10-4-2-9(11)3-5-10/h2-5,8,12-13H,6-7H2,1H3. The van der Waals surface area contributed by atoms with E-state index in [9.17, 15) is 8.42 Å². The quantitative estimate of drug-likeness (QED) is 0.844. The summed E-state index contributed by atoms with van der Waals surface area (Å²) < 4.78 is 26.0. The highest BCUT2D eigenvalue weighted by molar-refractivity contribution is 7.89. The molecule has 0 saturated carbocycles. The highest BCUT2D eigenvalue weighted by Crippen LogP contribution is 2.14. The lowest BCUT2D eigenvalue weighted by molar-refractivity contribution is 0.275. The summed E-state index contributed by atoms with van der Waals surface area (Å²) in [6.45, 7) is 1.65. The molecule has 0 aliphatic carbocycles. The molecule has 1 rings (SSSR count). The predicted molar refractivity (Wildman–Crippen MR) is 62.9 cm³/mol. The number of hydrogen-bond donors (Lipinski definition) is 2. The molecule has 1 aromatic rings. The zero-order chi connectivity index (χ0) is 12.2. The van der Waals surface area contributed by atoms with Crippen molar-refractivity contribution in [3.8, 4) is 0 Å². The zero-order valence-corrected chi connectivity index (χ0v) is 10.4. The molecule has 0 fully saturated rings. The molecule has 90 valence electrons. The van der Waals surface area contributed by atoms with Gasteiger partial charge in [-0.2, -0.15) is 0 Å².